The van der Waals surface area contributed by atoms with Crippen molar-refractivity contribution in [3.63, 3.8) is 0 Å². The fourth-order valence-corrected chi connectivity index (χ4v) is 3.39. The third kappa shape index (κ3) is 2.79. The van der Waals surface area contributed by atoms with E-state index in [1.165, 1.54) is 29.7 Å². The van der Waals surface area contributed by atoms with E-state index in [1.807, 2.05) is 0 Å². The van der Waals surface area contributed by atoms with E-state index in [4.69, 9.17) is 11.6 Å². The number of amides is 1. The van der Waals surface area contributed by atoms with E-state index in [2.05, 4.69) is 15.9 Å². The summed E-state index contributed by atoms with van der Waals surface area (Å²) >= 11 is 10.4. The van der Waals surface area contributed by atoms with Crippen LogP contribution in [-0.2, 0) is 9.59 Å². The summed E-state index contributed by atoms with van der Waals surface area (Å²) in [6.45, 7) is 1.46. The van der Waals surface area contributed by atoms with Crippen molar-refractivity contribution in [3.05, 3.63) is 40.4 Å². The van der Waals surface area contributed by atoms with E-state index >= 15 is 0 Å². The maximum Gasteiger partial charge on any atom is 0.256 e. The van der Waals surface area contributed by atoms with Crippen molar-refractivity contribution in [2.45, 2.75) is 11.1 Å². The van der Waals surface area contributed by atoms with Crippen molar-refractivity contribution in [3.8, 4) is 0 Å². The predicted molar refractivity (Wildman–Crippen MR) is 78.0 cm³/mol. The molecule has 1 atom stereocenters. The van der Waals surface area contributed by atoms with Crippen molar-refractivity contribution in [2.75, 3.05) is 4.90 Å². The second kappa shape index (κ2) is 5.47. The minimum atomic E-state index is -0.362. The molecule has 0 radical (unpaired) electrons. The van der Waals surface area contributed by atoms with Crippen LogP contribution in [0, 0.1) is 0 Å². The predicted octanol–water partition coefficient (Wildman–Crippen LogP) is 3.57. The first-order valence-electron chi connectivity index (χ1n) is 5.11. The van der Waals surface area contributed by atoms with Gasteiger partial charge in [0.2, 0.25) is 0 Å². The van der Waals surface area contributed by atoms with E-state index in [9.17, 15) is 9.59 Å². The van der Waals surface area contributed by atoms with E-state index in [-0.39, 0.29) is 15.8 Å². The number of hydrogen-bond acceptors (Lipinski definition) is 3. The van der Waals surface area contributed by atoms with Crippen LogP contribution in [0.25, 0.3) is 0 Å². The highest BCUT2D eigenvalue weighted by Gasteiger charge is 2.36. The Morgan fingerprint density at radius 3 is 2.61 bits per heavy atom. The third-order valence-corrected chi connectivity index (χ3v) is 4.43. The molecule has 1 aliphatic heterocycles. The summed E-state index contributed by atoms with van der Waals surface area (Å²) in [6, 6.07) is 6.92. The first kappa shape index (κ1) is 13.6. The molecule has 94 valence electrons. The fourth-order valence-electron chi connectivity index (χ4n) is 1.54. The molecule has 1 unspecified atom stereocenters. The Morgan fingerprint density at radius 1 is 1.44 bits per heavy atom. The molecule has 3 nitrogen and oxygen atoms in total. The molecule has 1 saturated heterocycles. The Kier molecular flexibility index (Phi) is 4.14. The van der Waals surface area contributed by atoms with Crippen LogP contribution in [0.4, 0.5) is 5.69 Å². The van der Waals surface area contributed by atoms with Gasteiger partial charge in [0.15, 0.2) is 5.78 Å². The molecule has 0 N–H and O–H groups in total. The molecule has 1 heterocycles. The standard InChI is InChI=1S/C12H9BrClNO2S/c1-7(16)6-10-15(12(17)11(13)18-10)9-4-2-8(14)3-5-9/h2-6,11H,1H3. The highest BCUT2D eigenvalue weighted by molar-refractivity contribution is 9.11. The first-order valence-corrected chi connectivity index (χ1v) is 7.29. The molecule has 2 rings (SSSR count). The van der Waals surface area contributed by atoms with Gasteiger partial charge in [0.05, 0.1) is 5.03 Å². The maximum absolute atomic E-state index is 12.1. The summed E-state index contributed by atoms with van der Waals surface area (Å²) in [4.78, 5) is 24.8. The van der Waals surface area contributed by atoms with Crippen molar-refractivity contribution >= 4 is 56.7 Å². The van der Waals surface area contributed by atoms with Gasteiger partial charge in [0.1, 0.15) is 4.16 Å². The van der Waals surface area contributed by atoms with Gasteiger partial charge in [-0.05, 0) is 31.2 Å². The van der Waals surface area contributed by atoms with Crippen molar-refractivity contribution in [1.82, 2.24) is 0 Å². The molecular formula is C12H9BrClNO2S. The lowest BCUT2D eigenvalue weighted by atomic mass is 10.3. The Morgan fingerprint density at radius 2 is 2.06 bits per heavy atom. The summed E-state index contributed by atoms with van der Waals surface area (Å²) in [6.07, 6.45) is 1.46. The molecule has 0 spiro atoms. The second-order valence-corrected chi connectivity index (χ2v) is 6.76. The molecule has 6 heteroatoms. The molecule has 0 aliphatic carbocycles. The van der Waals surface area contributed by atoms with Gasteiger partial charge < -0.3 is 0 Å². The van der Waals surface area contributed by atoms with Gasteiger partial charge in [-0.25, -0.2) is 0 Å². The zero-order valence-corrected chi connectivity index (χ0v) is 12.6. The lowest BCUT2D eigenvalue weighted by molar-refractivity contribution is -0.115. The monoisotopic (exact) mass is 345 g/mol. The van der Waals surface area contributed by atoms with E-state index in [0.29, 0.717) is 15.7 Å². The van der Waals surface area contributed by atoms with Crippen molar-refractivity contribution in [1.29, 1.82) is 0 Å². The maximum atomic E-state index is 12.1. The molecule has 1 aromatic carbocycles. The zero-order valence-electron chi connectivity index (χ0n) is 9.39. The topological polar surface area (TPSA) is 37.4 Å². The highest BCUT2D eigenvalue weighted by atomic mass is 79.9. The minimum Gasteiger partial charge on any atom is -0.295 e. The molecular weight excluding hydrogens is 338 g/mol. The summed E-state index contributed by atoms with van der Waals surface area (Å²) in [5.74, 6) is -0.194. The summed E-state index contributed by atoms with van der Waals surface area (Å²) in [7, 11) is 0. The SMILES string of the molecule is CC(=O)C=C1SC(Br)C(=O)N1c1ccc(Cl)cc1. The molecule has 1 amide bonds. The number of hydrogen-bond donors (Lipinski definition) is 0. The first-order chi connectivity index (χ1) is 8.49. The van der Waals surface area contributed by atoms with Crippen LogP contribution in [0.5, 0.6) is 0 Å². The van der Waals surface area contributed by atoms with Gasteiger partial charge >= 0.3 is 0 Å². The van der Waals surface area contributed by atoms with E-state index in [1.54, 1.807) is 24.3 Å². The molecule has 1 aliphatic rings. The fraction of sp³-hybridized carbons (Fsp3) is 0.167. The Labute approximate surface area is 122 Å². The van der Waals surface area contributed by atoms with E-state index < -0.39 is 0 Å². The normalized spacial score (nSPS) is 21.7. The van der Waals surface area contributed by atoms with Crippen LogP contribution < -0.4 is 4.90 Å². The number of carbonyl (C=O) groups excluding carboxylic acids is 2. The Balaban J connectivity index is 2.41. The van der Waals surface area contributed by atoms with Gasteiger partial charge in [-0.3, -0.25) is 14.5 Å². The molecule has 0 aromatic heterocycles. The number of rotatable bonds is 2. The lowest BCUT2D eigenvalue weighted by Gasteiger charge is -2.16. The number of benzene rings is 1. The average Bonchev–Trinajstić information content (AvgIpc) is 2.55. The number of alkyl halides is 1. The number of carbonyl (C=O) groups is 2. The second-order valence-electron chi connectivity index (χ2n) is 3.68. The number of anilines is 1. The molecule has 18 heavy (non-hydrogen) atoms. The molecule has 0 bridgehead atoms. The minimum absolute atomic E-state index is 0.0918. The van der Waals surface area contributed by atoms with Gasteiger partial charge in [-0.2, -0.15) is 0 Å². The number of thioether (sulfide) groups is 1. The van der Waals surface area contributed by atoms with Crippen LogP contribution in [0.2, 0.25) is 5.02 Å². The zero-order chi connectivity index (χ0) is 13.3. The Bertz CT molecular complexity index is 529. The Hall–Kier alpha value is -0.780. The molecule has 1 fully saturated rings. The van der Waals surface area contributed by atoms with Crippen LogP contribution in [0.1, 0.15) is 6.92 Å². The third-order valence-electron chi connectivity index (χ3n) is 2.27. The van der Waals surface area contributed by atoms with Crippen molar-refractivity contribution < 1.29 is 9.59 Å². The largest absolute Gasteiger partial charge is 0.295 e. The van der Waals surface area contributed by atoms with Gasteiger partial charge in [-0.1, -0.05) is 39.3 Å². The van der Waals surface area contributed by atoms with Crippen LogP contribution >= 0.6 is 39.3 Å². The molecule has 0 saturated carbocycles. The van der Waals surface area contributed by atoms with Crippen molar-refractivity contribution in [2.24, 2.45) is 0 Å². The summed E-state index contributed by atoms with van der Waals surface area (Å²) in [5.41, 5.74) is 0.700. The van der Waals surface area contributed by atoms with Gasteiger partial charge in [0, 0.05) is 16.8 Å². The number of ketones is 1. The summed E-state index contributed by atoms with van der Waals surface area (Å²) in [5, 5.41) is 1.22. The van der Waals surface area contributed by atoms with Crippen LogP contribution in [0.3, 0.4) is 0 Å². The number of halogens is 2. The number of allylic oxidation sites excluding steroid dienone is 1. The van der Waals surface area contributed by atoms with Gasteiger partial charge in [0.25, 0.3) is 5.91 Å². The molecule has 1 aromatic rings. The average molecular weight is 347 g/mol. The van der Waals surface area contributed by atoms with Crippen LogP contribution in [0.15, 0.2) is 35.4 Å². The highest BCUT2D eigenvalue weighted by Crippen LogP contribution is 2.41. The van der Waals surface area contributed by atoms with Crippen LogP contribution in [-0.4, -0.2) is 15.8 Å². The van der Waals surface area contributed by atoms with Gasteiger partial charge in [-0.15, -0.1) is 0 Å². The quantitative estimate of drug-likeness (QED) is 0.607. The smallest absolute Gasteiger partial charge is 0.256 e. The number of nitrogens with zero attached hydrogens (tertiary/aromatic N) is 1. The lowest BCUT2D eigenvalue weighted by Crippen LogP contribution is -2.26. The van der Waals surface area contributed by atoms with E-state index in [0.717, 1.165) is 0 Å². The summed E-state index contributed by atoms with van der Waals surface area (Å²) < 4.78 is -0.362.